The van der Waals surface area contributed by atoms with Crippen molar-refractivity contribution in [1.29, 1.82) is 0 Å². The van der Waals surface area contributed by atoms with Crippen molar-refractivity contribution in [2.75, 3.05) is 24.1 Å². The van der Waals surface area contributed by atoms with Gasteiger partial charge in [0.1, 0.15) is 4.88 Å². The number of nitrogens with one attached hydrogen (secondary N) is 2. The predicted octanol–water partition coefficient (Wildman–Crippen LogP) is 2.62. The molecule has 0 radical (unpaired) electrons. The first-order chi connectivity index (χ1) is 8.54. The molecule has 0 aliphatic rings. The van der Waals surface area contributed by atoms with E-state index in [0.29, 0.717) is 17.1 Å². The number of rotatable bonds is 6. The zero-order valence-electron chi connectivity index (χ0n) is 10.7. The van der Waals surface area contributed by atoms with Crippen LogP contribution in [-0.2, 0) is 0 Å². The van der Waals surface area contributed by atoms with Crippen LogP contribution in [0, 0.1) is 0 Å². The van der Waals surface area contributed by atoms with E-state index in [0.717, 1.165) is 11.5 Å². The fourth-order valence-corrected chi connectivity index (χ4v) is 2.17. The highest BCUT2D eigenvalue weighted by atomic mass is 32.1. The highest BCUT2D eigenvalue weighted by Crippen LogP contribution is 2.28. The molecule has 18 heavy (non-hydrogen) atoms. The van der Waals surface area contributed by atoms with E-state index in [-0.39, 0.29) is 5.91 Å². The van der Waals surface area contributed by atoms with E-state index in [2.05, 4.69) is 23.3 Å². The van der Waals surface area contributed by atoms with Gasteiger partial charge in [-0.3, -0.25) is 4.79 Å². The lowest BCUT2D eigenvalue weighted by molar-refractivity contribution is 0.0963. The molecular formula is C13H19N3OS. The predicted molar refractivity (Wildman–Crippen MR) is 79.2 cm³/mol. The summed E-state index contributed by atoms with van der Waals surface area (Å²) < 4.78 is 0. The molecule has 4 N–H and O–H groups in total. The lowest BCUT2D eigenvalue weighted by atomic mass is 10.3. The number of carbonyl (C=O) groups excluding carboxylic acids is 1. The van der Waals surface area contributed by atoms with Crippen LogP contribution in [0.15, 0.2) is 30.4 Å². The zero-order valence-corrected chi connectivity index (χ0v) is 11.6. The quantitative estimate of drug-likeness (QED) is 0.693. The molecule has 0 unspecified atom stereocenters. The molecular weight excluding hydrogens is 246 g/mol. The van der Waals surface area contributed by atoms with Crippen LogP contribution in [0.2, 0.25) is 0 Å². The summed E-state index contributed by atoms with van der Waals surface area (Å²) in [4.78, 5) is 12.3. The number of hydrogen-bond acceptors (Lipinski definition) is 4. The fourth-order valence-electron chi connectivity index (χ4n) is 1.27. The molecule has 1 aromatic rings. The second-order valence-corrected chi connectivity index (χ2v) is 5.11. The summed E-state index contributed by atoms with van der Waals surface area (Å²) in [6.45, 7) is 8.80. The standard InChI is InChI=1S/C13H19N3OS/c1-4-6-16-13(17)12-10(14)8-11(18-12)15-7-5-9(2)3/h4-5,8,15H,1,6-7,14H2,2-3H3,(H,16,17). The van der Waals surface area contributed by atoms with E-state index in [1.807, 2.05) is 13.8 Å². The number of nitrogen functional groups attached to an aromatic ring is 1. The van der Waals surface area contributed by atoms with Gasteiger partial charge in [0.25, 0.3) is 5.91 Å². The molecule has 0 saturated carbocycles. The van der Waals surface area contributed by atoms with Crippen molar-refractivity contribution < 1.29 is 4.79 Å². The Balaban J connectivity index is 2.66. The van der Waals surface area contributed by atoms with E-state index >= 15 is 0 Å². The highest BCUT2D eigenvalue weighted by Gasteiger charge is 2.13. The Bertz CT molecular complexity index is 459. The van der Waals surface area contributed by atoms with Crippen molar-refractivity contribution in [1.82, 2.24) is 5.32 Å². The summed E-state index contributed by atoms with van der Waals surface area (Å²) in [5.74, 6) is -0.160. The minimum absolute atomic E-state index is 0.160. The zero-order chi connectivity index (χ0) is 13.5. The van der Waals surface area contributed by atoms with Gasteiger partial charge in [-0.25, -0.2) is 0 Å². The summed E-state index contributed by atoms with van der Waals surface area (Å²) in [5.41, 5.74) is 7.56. The smallest absolute Gasteiger partial charge is 0.263 e. The average molecular weight is 265 g/mol. The highest BCUT2D eigenvalue weighted by molar-refractivity contribution is 7.18. The molecule has 0 spiro atoms. The maximum atomic E-state index is 11.8. The molecule has 1 rings (SSSR count). The van der Waals surface area contributed by atoms with Gasteiger partial charge in [0.15, 0.2) is 0 Å². The number of nitrogens with two attached hydrogens (primary N) is 1. The molecule has 0 aromatic carbocycles. The SMILES string of the molecule is C=CCNC(=O)c1sc(NCC=C(C)C)cc1N. The Morgan fingerprint density at radius 1 is 1.50 bits per heavy atom. The van der Waals surface area contributed by atoms with Crippen LogP contribution in [0.4, 0.5) is 10.7 Å². The van der Waals surface area contributed by atoms with Crippen LogP contribution in [0.25, 0.3) is 0 Å². The molecule has 1 amide bonds. The van der Waals surface area contributed by atoms with Crippen LogP contribution >= 0.6 is 11.3 Å². The van der Waals surface area contributed by atoms with Gasteiger partial charge in [-0.05, 0) is 19.9 Å². The van der Waals surface area contributed by atoms with Gasteiger partial charge in [-0.15, -0.1) is 17.9 Å². The Labute approximate surface area is 112 Å². The van der Waals surface area contributed by atoms with Crippen LogP contribution in [0.5, 0.6) is 0 Å². The van der Waals surface area contributed by atoms with Crippen molar-refractivity contribution in [2.45, 2.75) is 13.8 Å². The number of amides is 1. The van der Waals surface area contributed by atoms with Gasteiger partial charge in [0.2, 0.25) is 0 Å². The molecule has 1 aromatic heterocycles. The number of allylic oxidation sites excluding steroid dienone is 1. The summed E-state index contributed by atoms with van der Waals surface area (Å²) in [6.07, 6.45) is 3.71. The van der Waals surface area contributed by atoms with Gasteiger partial charge in [0, 0.05) is 13.1 Å². The third kappa shape index (κ3) is 4.25. The van der Waals surface area contributed by atoms with Crippen molar-refractivity contribution in [3.63, 3.8) is 0 Å². The molecule has 0 bridgehead atoms. The fraction of sp³-hybridized carbons (Fsp3) is 0.308. The van der Waals surface area contributed by atoms with Crippen LogP contribution in [0.3, 0.4) is 0 Å². The normalized spacial score (nSPS) is 9.67. The van der Waals surface area contributed by atoms with Gasteiger partial charge in [-0.2, -0.15) is 0 Å². The first kappa shape index (κ1) is 14.3. The number of carbonyl (C=O) groups is 1. The molecule has 1 heterocycles. The van der Waals surface area contributed by atoms with Crippen molar-refractivity contribution in [3.8, 4) is 0 Å². The summed E-state index contributed by atoms with van der Waals surface area (Å²) in [7, 11) is 0. The van der Waals surface area contributed by atoms with Crippen LogP contribution < -0.4 is 16.4 Å². The topological polar surface area (TPSA) is 67.2 Å². The second-order valence-electron chi connectivity index (χ2n) is 4.06. The molecule has 4 nitrogen and oxygen atoms in total. The molecule has 0 fully saturated rings. The molecule has 0 atom stereocenters. The monoisotopic (exact) mass is 265 g/mol. The molecule has 98 valence electrons. The van der Waals surface area contributed by atoms with E-state index in [1.165, 1.54) is 16.9 Å². The van der Waals surface area contributed by atoms with Crippen molar-refractivity contribution >= 4 is 27.9 Å². The maximum absolute atomic E-state index is 11.8. The molecule has 0 saturated heterocycles. The maximum Gasteiger partial charge on any atom is 0.263 e. The van der Waals surface area contributed by atoms with Crippen LogP contribution in [0.1, 0.15) is 23.5 Å². The molecule has 0 aliphatic heterocycles. The third-order valence-corrected chi connectivity index (χ3v) is 3.27. The van der Waals surface area contributed by atoms with Gasteiger partial charge in [0.05, 0.1) is 10.7 Å². The Morgan fingerprint density at radius 3 is 2.83 bits per heavy atom. The first-order valence-electron chi connectivity index (χ1n) is 5.70. The van der Waals surface area contributed by atoms with Crippen molar-refractivity contribution in [2.24, 2.45) is 0 Å². The first-order valence-corrected chi connectivity index (χ1v) is 6.52. The summed E-state index contributed by atoms with van der Waals surface area (Å²) in [5, 5.41) is 6.82. The Kier molecular flexibility index (Phi) is 5.45. The third-order valence-electron chi connectivity index (χ3n) is 2.16. The van der Waals surface area contributed by atoms with E-state index in [1.54, 1.807) is 12.1 Å². The Morgan fingerprint density at radius 2 is 2.22 bits per heavy atom. The number of hydrogen-bond donors (Lipinski definition) is 3. The van der Waals surface area contributed by atoms with Gasteiger partial charge < -0.3 is 16.4 Å². The minimum atomic E-state index is -0.160. The molecule has 5 heteroatoms. The van der Waals surface area contributed by atoms with E-state index < -0.39 is 0 Å². The lowest BCUT2D eigenvalue weighted by Crippen LogP contribution is -2.22. The summed E-state index contributed by atoms with van der Waals surface area (Å²) >= 11 is 1.36. The number of thiophene rings is 1. The summed E-state index contributed by atoms with van der Waals surface area (Å²) in [6, 6.07) is 1.78. The Hall–Kier alpha value is -1.75. The molecule has 0 aliphatic carbocycles. The van der Waals surface area contributed by atoms with Gasteiger partial charge >= 0.3 is 0 Å². The lowest BCUT2D eigenvalue weighted by Gasteiger charge is -2.00. The minimum Gasteiger partial charge on any atom is -0.397 e. The van der Waals surface area contributed by atoms with Crippen molar-refractivity contribution in [3.05, 3.63) is 35.2 Å². The largest absolute Gasteiger partial charge is 0.397 e. The number of anilines is 2. The van der Waals surface area contributed by atoms with E-state index in [9.17, 15) is 4.79 Å². The average Bonchev–Trinajstić information content (AvgIpc) is 2.67. The van der Waals surface area contributed by atoms with Gasteiger partial charge in [-0.1, -0.05) is 17.7 Å². The van der Waals surface area contributed by atoms with Crippen LogP contribution in [-0.4, -0.2) is 19.0 Å². The van der Waals surface area contributed by atoms with E-state index in [4.69, 9.17) is 5.73 Å². The second kappa shape index (κ2) is 6.86.